The van der Waals surface area contributed by atoms with Crippen molar-refractivity contribution in [3.63, 3.8) is 0 Å². The lowest BCUT2D eigenvalue weighted by molar-refractivity contribution is -0.130. The van der Waals surface area contributed by atoms with Crippen LogP contribution in [0.5, 0.6) is 0 Å². The largest absolute Gasteiger partial charge is 0.478 e. The number of hydrogen-bond acceptors (Lipinski definition) is 7. The predicted molar refractivity (Wildman–Crippen MR) is 192 cm³/mol. The van der Waals surface area contributed by atoms with E-state index in [-0.39, 0.29) is 37.3 Å². The van der Waals surface area contributed by atoms with E-state index in [2.05, 4.69) is 15.4 Å². The summed E-state index contributed by atoms with van der Waals surface area (Å²) in [6.45, 7) is 0.428. The quantitative estimate of drug-likeness (QED) is 0.0604. The van der Waals surface area contributed by atoms with E-state index in [4.69, 9.17) is 16.9 Å². The van der Waals surface area contributed by atoms with Crippen molar-refractivity contribution < 1.29 is 27.9 Å². The number of carboxylic acids is 1. The number of nitrogens with two attached hydrogens (primary N) is 2. The Balaban J connectivity index is 1.54. The van der Waals surface area contributed by atoms with Crippen molar-refractivity contribution in [2.45, 2.75) is 56.6 Å². The fraction of sp³-hybridized carbons (Fsp3) is 0.243. The number of amides is 2. The number of carbonyl (C=O) groups excluding carboxylic acids is 2. The maximum atomic E-state index is 13.9. The van der Waals surface area contributed by atoms with E-state index >= 15 is 0 Å². The predicted octanol–water partition coefficient (Wildman–Crippen LogP) is 2.98. The fourth-order valence-electron chi connectivity index (χ4n) is 5.34. The fourth-order valence-corrected chi connectivity index (χ4v) is 6.71. The third-order valence-corrected chi connectivity index (χ3v) is 9.39. The van der Waals surface area contributed by atoms with Gasteiger partial charge in [0.05, 0.1) is 11.3 Å². The Labute approximate surface area is 291 Å². The summed E-state index contributed by atoms with van der Waals surface area (Å²) in [5, 5.41) is 22.4. The maximum absolute atomic E-state index is 13.9. The summed E-state index contributed by atoms with van der Waals surface area (Å²) in [4.78, 5) is 38.8. The number of nitrogens with one attached hydrogen (secondary N) is 4. The van der Waals surface area contributed by atoms with Crippen molar-refractivity contribution >= 4 is 33.6 Å². The minimum absolute atomic E-state index is 0.0201. The number of carbonyl (C=O) groups is 3. The normalized spacial score (nSPS) is 12.4. The van der Waals surface area contributed by atoms with Crippen molar-refractivity contribution in [3.05, 3.63) is 142 Å². The van der Waals surface area contributed by atoms with Gasteiger partial charge in [-0.05, 0) is 59.2 Å². The summed E-state index contributed by atoms with van der Waals surface area (Å²) < 4.78 is 29.2. The molecule has 0 saturated carbocycles. The molecule has 0 saturated heterocycles. The van der Waals surface area contributed by atoms with Crippen LogP contribution in [0.4, 0.5) is 0 Å². The van der Waals surface area contributed by atoms with Crippen molar-refractivity contribution in [1.29, 1.82) is 5.41 Å². The Kier molecular flexibility index (Phi) is 13.4. The van der Waals surface area contributed by atoms with Crippen LogP contribution in [0.15, 0.2) is 103 Å². The van der Waals surface area contributed by atoms with Gasteiger partial charge in [0.1, 0.15) is 17.9 Å². The number of sulfonamides is 1. The summed E-state index contributed by atoms with van der Waals surface area (Å²) in [5.74, 6) is -2.83. The molecule has 0 radical (unpaired) electrons. The number of nitrogen functional groups attached to an aromatic ring is 1. The highest BCUT2D eigenvalue weighted by molar-refractivity contribution is 7.88. The van der Waals surface area contributed by atoms with Crippen molar-refractivity contribution in [2.24, 2.45) is 11.5 Å². The number of carboxylic acid groups (broad SMARTS) is 1. The van der Waals surface area contributed by atoms with Gasteiger partial charge in [-0.25, -0.2) is 17.9 Å². The minimum Gasteiger partial charge on any atom is -0.478 e. The van der Waals surface area contributed by atoms with Crippen LogP contribution in [0.25, 0.3) is 0 Å². The van der Waals surface area contributed by atoms with Crippen LogP contribution in [-0.2, 0) is 51.3 Å². The molecule has 4 aromatic carbocycles. The van der Waals surface area contributed by atoms with Crippen LogP contribution >= 0.6 is 0 Å². The van der Waals surface area contributed by atoms with Gasteiger partial charge in [0.2, 0.25) is 21.8 Å². The standard InChI is InChI=1S/C37H42N6O6S/c38-22-29-10-4-9-28(20-29)21-33(35(44)41-23-26-12-16-30(17-13-26)34(39)40)42-36(45)32(11-5-8-25-6-2-1-3-7-25)43-50(48,49)24-27-14-18-31(19-15-27)37(46)47/h1-4,6-7,9-10,12-20,32-33,43H,5,8,11,21-24,38H2,(H3,39,40)(H,41,44)(H,42,45)(H,46,47). The smallest absolute Gasteiger partial charge is 0.335 e. The van der Waals surface area contributed by atoms with E-state index in [0.29, 0.717) is 24.0 Å². The van der Waals surface area contributed by atoms with Crippen LogP contribution < -0.4 is 26.8 Å². The lowest BCUT2D eigenvalue weighted by Crippen LogP contribution is -2.54. The Morgan fingerprint density at radius 1 is 0.740 bits per heavy atom. The average Bonchev–Trinajstić information content (AvgIpc) is 3.10. The highest BCUT2D eigenvalue weighted by Crippen LogP contribution is 2.14. The van der Waals surface area contributed by atoms with E-state index in [0.717, 1.165) is 22.3 Å². The number of aryl methyl sites for hydroxylation is 1. The van der Waals surface area contributed by atoms with Gasteiger partial charge >= 0.3 is 5.97 Å². The molecular formula is C37H42N6O6S. The first-order chi connectivity index (χ1) is 23.9. The molecule has 50 heavy (non-hydrogen) atoms. The molecule has 0 aliphatic heterocycles. The molecule has 262 valence electrons. The Morgan fingerprint density at radius 2 is 1.36 bits per heavy atom. The summed E-state index contributed by atoms with van der Waals surface area (Å²) >= 11 is 0. The Morgan fingerprint density at radius 3 is 2.00 bits per heavy atom. The highest BCUT2D eigenvalue weighted by atomic mass is 32.2. The summed E-state index contributed by atoms with van der Waals surface area (Å²) in [7, 11) is -4.08. The molecule has 2 amide bonds. The third-order valence-electron chi connectivity index (χ3n) is 8.03. The highest BCUT2D eigenvalue weighted by Gasteiger charge is 2.29. The van der Waals surface area contributed by atoms with Gasteiger partial charge in [0.25, 0.3) is 0 Å². The summed E-state index contributed by atoms with van der Waals surface area (Å²) in [6.07, 6.45) is 1.34. The lowest BCUT2D eigenvalue weighted by atomic mass is 10.0. The molecule has 0 aliphatic rings. The molecular weight excluding hydrogens is 657 g/mol. The number of benzene rings is 4. The van der Waals surface area contributed by atoms with Crippen LogP contribution in [-0.4, -0.2) is 49.2 Å². The van der Waals surface area contributed by atoms with Crippen LogP contribution in [0.2, 0.25) is 0 Å². The summed E-state index contributed by atoms with van der Waals surface area (Å²) in [5.41, 5.74) is 15.7. The van der Waals surface area contributed by atoms with Gasteiger partial charge in [0, 0.05) is 25.1 Å². The zero-order valence-electron chi connectivity index (χ0n) is 27.5. The van der Waals surface area contributed by atoms with Crippen LogP contribution in [0, 0.1) is 5.41 Å². The number of rotatable bonds is 18. The van der Waals surface area contributed by atoms with E-state index < -0.39 is 45.6 Å². The number of amidine groups is 1. The Bertz CT molecular complexity index is 1880. The molecule has 12 nitrogen and oxygen atoms in total. The van der Waals surface area contributed by atoms with Gasteiger partial charge in [0.15, 0.2) is 0 Å². The molecule has 0 fully saturated rings. The monoisotopic (exact) mass is 698 g/mol. The van der Waals surface area contributed by atoms with E-state index in [1.165, 1.54) is 24.3 Å². The van der Waals surface area contributed by atoms with Crippen LogP contribution in [0.1, 0.15) is 56.6 Å². The zero-order valence-corrected chi connectivity index (χ0v) is 28.3. The van der Waals surface area contributed by atoms with Gasteiger partial charge in [-0.1, -0.05) is 91.0 Å². The molecule has 0 aliphatic carbocycles. The zero-order chi connectivity index (χ0) is 36.1. The molecule has 2 atom stereocenters. The lowest BCUT2D eigenvalue weighted by Gasteiger charge is -2.24. The SMILES string of the molecule is N=C(N)c1ccc(CNC(=O)C(Cc2cccc(CN)c2)NC(=O)C(CCCc2ccccc2)NS(=O)(=O)Cc2ccc(C(=O)O)cc2)cc1. The maximum Gasteiger partial charge on any atom is 0.335 e. The number of hydrogen-bond donors (Lipinski definition) is 7. The molecule has 0 spiro atoms. The second-order valence-electron chi connectivity index (χ2n) is 11.9. The van der Waals surface area contributed by atoms with Gasteiger partial charge in [-0.15, -0.1) is 0 Å². The topological polar surface area (TPSA) is 218 Å². The molecule has 4 aromatic rings. The van der Waals surface area contributed by atoms with Crippen LogP contribution in [0.3, 0.4) is 0 Å². The average molecular weight is 699 g/mol. The van der Waals surface area contributed by atoms with E-state index in [1.807, 2.05) is 54.6 Å². The second kappa shape index (κ2) is 17.9. The molecule has 9 N–H and O–H groups in total. The first-order valence-corrected chi connectivity index (χ1v) is 17.7. The first kappa shape index (κ1) is 37.4. The third kappa shape index (κ3) is 11.7. The van der Waals surface area contributed by atoms with Crippen molar-refractivity contribution in [2.75, 3.05) is 0 Å². The minimum atomic E-state index is -4.08. The molecule has 2 unspecified atom stereocenters. The van der Waals surface area contributed by atoms with Gasteiger partial charge < -0.3 is 27.2 Å². The molecule has 0 heterocycles. The molecule has 0 aromatic heterocycles. The van der Waals surface area contributed by atoms with Crippen molar-refractivity contribution in [1.82, 2.24) is 15.4 Å². The first-order valence-electron chi connectivity index (χ1n) is 16.1. The Hall–Kier alpha value is -5.37. The summed E-state index contributed by atoms with van der Waals surface area (Å²) in [6, 6.07) is 27.0. The molecule has 13 heteroatoms. The van der Waals surface area contributed by atoms with Crippen molar-refractivity contribution in [3.8, 4) is 0 Å². The second-order valence-corrected chi connectivity index (χ2v) is 13.7. The molecule has 4 rings (SSSR count). The van der Waals surface area contributed by atoms with Gasteiger partial charge in [-0.3, -0.25) is 15.0 Å². The molecule has 0 bridgehead atoms. The van der Waals surface area contributed by atoms with E-state index in [1.54, 1.807) is 24.3 Å². The number of aromatic carboxylic acids is 1. The van der Waals surface area contributed by atoms with Gasteiger partial charge in [-0.2, -0.15) is 0 Å². The van der Waals surface area contributed by atoms with E-state index in [9.17, 15) is 27.9 Å².